The molecule has 30 heavy (non-hydrogen) atoms. The van der Waals surface area contributed by atoms with Gasteiger partial charge < -0.3 is 15.2 Å². The number of hydrogen-bond acceptors (Lipinski definition) is 5. The van der Waals surface area contributed by atoms with E-state index in [0.29, 0.717) is 18.8 Å². The molecule has 164 valence electrons. The second-order valence-corrected chi connectivity index (χ2v) is 11.1. The predicted molar refractivity (Wildman–Crippen MR) is 109 cm³/mol. The van der Waals surface area contributed by atoms with Crippen molar-refractivity contribution in [2.24, 2.45) is 40.9 Å². The number of carbonyl (C=O) groups excluding carboxylic acids is 3. The van der Waals surface area contributed by atoms with Crippen LogP contribution in [0.2, 0.25) is 0 Å². The number of fused-ring (bicyclic) bond motifs is 5. The zero-order valence-electron chi connectivity index (χ0n) is 18.5. The maximum atomic E-state index is 13.9. The summed E-state index contributed by atoms with van der Waals surface area (Å²) < 4.78 is 6.20. The molecule has 3 saturated heterocycles. The summed E-state index contributed by atoms with van der Waals surface area (Å²) >= 11 is 0. The third-order valence-corrected chi connectivity index (χ3v) is 9.06. The zero-order valence-corrected chi connectivity index (χ0v) is 18.5. The number of amides is 1. The highest BCUT2D eigenvalue weighted by Crippen LogP contribution is 2.64. The van der Waals surface area contributed by atoms with Gasteiger partial charge in [-0.05, 0) is 44.9 Å². The number of ether oxygens (including phenoxy) is 1. The number of rotatable bonds is 2. The zero-order chi connectivity index (χ0) is 21.7. The first-order valence-corrected chi connectivity index (χ1v) is 11.5. The molecular weight excluding hydrogens is 382 g/mol. The van der Waals surface area contributed by atoms with Crippen molar-refractivity contribution >= 4 is 17.5 Å². The van der Waals surface area contributed by atoms with Crippen molar-refractivity contribution in [3.05, 3.63) is 11.6 Å². The monoisotopic (exact) mass is 415 g/mol. The van der Waals surface area contributed by atoms with Gasteiger partial charge in [-0.2, -0.15) is 0 Å². The molecule has 6 nitrogen and oxygen atoms in total. The smallest absolute Gasteiger partial charge is 0.235 e. The maximum absolute atomic E-state index is 13.9. The van der Waals surface area contributed by atoms with Gasteiger partial charge in [0.1, 0.15) is 17.6 Å². The molecule has 0 unspecified atom stereocenters. The third kappa shape index (κ3) is 2.24. The Bertz CT molecular complexity index is 864. The first-order chi connectivity index (χ1) is 14.0. The molecule has 5 aliphatic rings. The molecule has 1 amide bonds. The van der Waals surface area contributed by atoms with E-state index >= 15 is 0 Å². The van der Waals surface area contributed by atoms with Crippen LogP contribution in [0, 0.1) is 40.9 Å². The Balaban J connectivity index is 1.72. The Labute approximate surface area is 177 Å². The molecule has 6 heteroatoms. The second-order valence-electron chi connectivity index (χ2n) is 11.1. The van der Waals surface area contributed by atoms with Gasteiger partial charge in [-0.3, -0.25) is 14.4 Å². The molecule has 0 radical (unpaired) electrons. The lowest BCUT2D eigenvalue weighted by Crippen LogP contribution is -2.70. The fourth-order valence-corrected chi connectivity index (χ4v) is 7.79. The Morgan fingerprint density at radius 1 is 1.27 bits per heavy atom. The standard InChI is InChI=1S/C24H33NO5/c1-10(2)8-14-17-12(4)11(3)9-13-18-16(19(26)15-6-7-23(18,5)30-15)20(27)21(28)24(13,17)22(29)25-14/h9-10,12-18,20,27H,6-8H2,1-5H3,(H,25,29)/t12-,13-,14+,15-,16-,17+,18-,20-,23+,24+/m1/s1. The number of Topliss-reactive ketones (excluding diaryl/α,β-unsaturated/α-hetero) is 2. The van der Waals surface area contributed by atoms with Crippen LogP contribution in [0.4, 0.5) is 0 Å². The summed E-state index contributed by atoms with van der Waals surface area (Å²) in [5, 5.41) is 14.4. The molecule has 2 N–H and O–H groups in total. The molecule has 4 fully saturated rings. The molecule has 3 aliphatic heterocycles. The van der Waals surface area contributed by atoms with E-state index in [1.54, 1.807) is 0 Å². The van der Waals surface area contributed by atoms with E-state index in [1.165, 1.54) is 0 Å². The van der Waals surface area contributed by atoms with Crippen LogP contribution in [-0.4, -0.2) is 46.4 Å². The van der Waals surface area contributed by atoms with Crippen molar-refractivity contribution in [1.82, 2.24) is 5.32 Å². The van der Waals surface area contributed by atoms with Crippen LogP contribution in [0.5, 0.6) is 0 Å². The SMILES string of the molecule is CC1=C[C@@H]2[C@@H]3[C@H](C(=O)[C@H]4CC[C@]3(C)O4)[C@@H](O)C(=O)[C@]23C(=O)N[C@@H](CC(C)C)[C@@H]3[C@@H]1C. The van der Waals surface area contributed by atoms with E-state index < -0.39 is 40.8 Å². The average Bonchev–Trinajstić information content (AvgIpc) is 3.16. The molecule has 0 aromatic heterocycles. The lowest BCUT2D eigenvalue weighted by atomic mass is 9.44. The van der Waals surface area contributed by atoms with Crippen LogP contribution in [0.15, 0.2) is 11.6 Å². The first-order valence-electron chi connectivity index (χ1n) is 11.5. The van der Waals surface area contributed by atoms with Gasteiger partial charge in [0.15, 0.2) is 11.6 Å². The van der Waals surface area contributed by atoms with E-state index in [2.05, 4.69) is 39.1 Å². The molecule has 2 aliphatic carbocycles. The summed E-state index contributed by atoms with van der Waals surface area (Å²) in [5.74, 6) is -2.27. The Morgan fingerprint density at radius 3 is 2.63 bits per heavy atom. The normalized spacial score (nSPS) is 52.0. The number of hydrogen-bond donors (Lipinski definition) is 2. The minimum Gasteiger partial charge on any atom is -0.385 e. The maximum Gasteiger partial charge on any atom is 0.235 e. The number of carbonyl (C=O) groups is 3. The van der Waals surface area contributed by atoms with Gasteiger partial charge >= 0.3 is 0 Å². The minimum absolute atomic E-state index is 0.0426. The number of ketones is 2. The molecule has 10 atom stereocenters. The van der Waals surface area contributed by atoms with Gasteiger partial charge in [-0.25, -0.2) is 0 Å². The topological polar surface area (TPSA) is 92.7 Å². The number of aliphatic hydroxyl groups is 1. The fraction of sp³-hybridized carbons (Fsp3) is 0.792. The Hall–Kier alpha value is -1.53. The van der Waals surface area contributed by atoms with E-state index in [4.69, 9.17) is 4.74 Å². The number of aliphatic hydroxyl groups excluding tert-OH is 1. The molecular formula is C24H33NO5. The molecule has 1 saturated carbocycles. The van der Waals surface area contributed by atoms with E-state index in [0.717, 1.165) is 12.0 Å². The van der Waals surface area contributed by atoms with Crippen molar-refractivity contribution in [3.63, 3.8) is 0 Å². The van der Waals surface area contributed by atoms with Gasteiger partial charge in [0.05, 0.1) is 11.5 Å². The van der Waals surface area contributed by atoms with Crippen LogP contribution >= 0.6 is 0 Å². The minimum atomic E-state index is -1.44. The van der Waals surface area contributed by atoms with Crippen molar-refractivity contribution in [3.8, 4) is 0 Å². The quantitative estimate of drug-likeness (QED) is 0.532. The van der Waals surface area contributed by atoms with Gasteiger partial charge in [0.25, 0.3) is 0 Å². The molecule has 0 aromatic rings. The van der Waals surface area contributed by atoms with Crippen molar-refractivity contribution in [2.75, 3.05) is 0 Å². The summed E-state index contributed by atoms with van der Waals surface area (Å²) in [4.78, 5) is 40.7. The van der Waals surface area contributed by atoms with Crippen LogP contribution < -0.4 is 5.32 Å². The van der Waals surface area contributed by atoms with Crippen LogP contribution in [-0.2, 0) is 19.1 Å². The summed E-state index contributed by atoms with van der Waals surface area (Å²) in [5.41, 5.74) is -0.771. The molecule has 1 spiro atoms. The van der Waals surface area contributed by atoms with Crippen molar-refractivity contribution in [1.29, 1.82) is 0 Å². The number of allylic oxidation sites excluding steroid dienone is 2. The van der Waals surface area contributed by atoms with Crippen LogP contribution in [0.3, 0.4) is 0 Å². The van der Waals surface area contributed by atoms with E-state index in [-0.39, 0.29) is 35.5 Å². The highest BCUT2D eigenvalue weighted by molar-refractivity contribution is 6.13. The highest BCUT2D eigenvalue weighted by Gasteiger charge is 2.76. The average molecular weight is 416 g/mol. The van der Waals surface area contributed by atoms with Gasteiger partial charge in [0.2, 0.25) is 5.91 Å². The summed E-state index contributed by atoms with van der Waals surface area (Å²) in [7, 11) is 0. The first kappa shape index (κ1) is 20.4. The summed E-state index contributed by atoms with van der Waals surface area (Å²) in [6, 6.07) is -0.115. The Morgan fingerprint density at radius 2 is 1.97 bits per heavy atom. The van der Waals surface area contributed by atoms with Gasteiger partial charge in [-0.15, -0.1) is 0 Å². The second kappa shape index (κ2) is 6.26. The van der Waals surface area contributed by atoms with E-state index in [9.17, 15) is 19.5 Å². The fourth-order valence-electron chi connectivity index (χ4n) is 7.79. The third-order valence-electron chi connectivity index (χ3n) is 9.06. The number of nitrogens with one attached hydrogen (secondary N) is 1. The molecule has 2 bridgehead atoms. The lowest BCUT2D eigenvalue weighted by Gasteiger charge is -2.58. The predicted octanol–water partition coefficient (Wildman–Crippen LogP) is 2.04. The summed E-state index contributed by atoms with van der Waals surface area (Å²) in [6.45, 7) is 10.4. The highest BCUT2D eigenvalue weighted by atomic mass is 16.5. The molecule has 5 rings (SSSR count). The Kier molecular flexibility index (Phi) is 4.25. The van der Waals surface area contributed by atoms with Gasteiger partial charge in [-0.1, -0.05) is 32.4 Å². The molecule has 0 aromatic carbocycles. The van der Waals surface area contributed by atoms with Crippen LogP contribution in [0.25, 0.3) is 0 Å². The largest absolute Gasteiger partial charge is 0.385 e. The molecule has 3 heterocycles. The van der Waals surface area contributed by atoms with Crippen LogP contribution in [0.1, 0.15) is 53.9 Å². The van der Waals surface area contributed by atoms with Crippen molar-refractivity contribution in [2.45, 2.75) is 77.7 Å². The summed E-state index contributed by atoms with van der Waals surface area (Å²) in [6.07, 6.45) is 2.21. The van der Waals surface area contributed by atoms with Crippen molar-refractivity contribution < 1.29 is 24.2 Å². The van der Waals surface area contributed by atoms with Gasteiger partial charge in [0, 0.05) is 23.8 Å². The lowest BCUT2D eigenvalue weighted by molar-refractivity contribution is -0.206. The van der Waals surface area contributed by atoms with E-state index in [1.807, 2.05) is 6.92 Å².